The lowest BCUT2D eigenvalue weighted by molar-refractivity contribution is -0.385. The highest BCUT2D eigenvalue weighted by Gasteiger charge is 2.36. The number of rotatable bonds is 15. The van der Waals surface area contributed by atoms with E-state index in [9.17, 15) is 28.1 Å². The molecule has 2 amide bonds. The number of nitrogens with one attached hydrogen (secondary N) is 1. The van der Waals surface area contributed by atoms with E-state index < -0.39 is 55.7 Å². The number of sulfonamides is 1. The van der Waals surface area contributed by atoms with E-state index in [1.165, 1.54) is 62.6 Å². The molecule has 1 atom stereocenters. The Morgan fingerprint density at radius 2 is 1.68 bits per heavy atom. The first-order valence-corrected chi connectivity index (χ1v) is 17.5. The molecule has 0 bridgehead atoms. The predicted molar refractivity (Wildman–Crippen MR) is 189 cm³/mol. The molecule has 4 rings (SSSR count). The van der Waals surface area contributed by atoms with Gasteiger partial charge in [-0.1, -0.05) is 80.0 Å². The second-order valence-electron chi connectivity index (χ2n) is 12.0. The molecular weight excluding hydrogens is 687 g/mol. The monoisotopic (exact) mass is 724 g/mol. The van der Waals surface area contributed by atoms with Crippen LogP contribution in [0.4, 0.5) is 15.8 Å². The van der Waals surface area contributed by atoms with E-state index >= 15 is 4.39 Å². The summed E-state index contributed by atoms with van der Waals surface area (Å²) < 4.78 is 50.2. The Morgan fingerprint density at radius 3 is 2.32 bits per heavy atom. The van der Waals surface area contributed by atoms with Crippen molar-refractivity contribution in [3.63, 3.8) is 0 Å². The molecule has 0 radical (unpaired) electrons. The van der Waals surface area contributed by atoms with E-state index in [-0.39, 0.29) is 53.0 Å². The molecule has 0 unspecified atom stereocenters. The molecule has 0 spiro atoms. The molecule has 0 saturated heterocycles. The van der Waals surface area contributed by atoms with Crippen molar-refractivity contribution >= 4 is 44.8 Å². The van der Waals surface area contributed by atoms with Crippen LogP contribution < -0.4 is 14.4 Å². The van der Waals surface area contributed by atoms with Gasteiger partial charge in [0, 0.05) is 41.7 Å². The molecule has 0 heterocycles. The summed E-state index contributed by atoms with van der Waals surface area (Å²) in [5.41, 5.74) is 0.452. The standard InChI is InChI=1S/C36H38ClFN4O7S/c1-24(2)21-39-36(44)33(18-26-10-6-5-7-11-26)40(22-27-12-8-9-13-30(27)38)35(43)23-41(32-19-28(37)15-17-34(32)49-4)50(47,48)29-16-14-25(3)31(20-29)42(45)46/h5-17,19-20,24,33H,18,21-23H2,1-4H3,(H,39,44)/t33-/m1/s1. The fraction of sp³-hybridized carbons (Fsp3) is 0.278. The Balaban J connectivity index is 1.90. The molecule has 50 heavy (non-hydrogen) atoms. The molecule has 14 heteroatoms. The summed E-state index contributed by atoms with van der Waals surface area (Å²) >= 11 is 6.31. The maximum atomic E-state index is 15.1. The fourth-order valence-corrected chi connectivity index (χ4v) is 6.83. The number of hydrogen-bond acceptors (Lipinski definition) is 7. The predicted octanol–water partition coefficient (Wildman–Crippen LogP) is 6.31. The Kier molecular flexibility index (Phi) is 12.5. The zero-order valence-corrected chi connectivity index (χ0v) is 29.6. The maximum Gasteiger partial charge on any atom is 0.273 e. The number of amides is 2. The van der Waals surface area contributed by atoms with Crippen molar-refractivity contribution in [1.29, 1.82) is 0 Å². The molecular formula is C36H38ClFN4O7S. The number of halogens is 2. The molecule has 0 aliphatic rings. The molecule has 0 aliphatic carbocycles. The maximum absolute atomic E-state index is 15.1. The van der Waals surface area contributed by atoms with Gasteiger partial charge in [-0.25, -0.2) is 12.8 Å². The quantitative estimate of drug-likeness (QED) is 0.112. The zero-order valence-electron chi connectivity index (χ0n) is 28.0. The van der Waals surface area contributed by atoms with Crippen LogP contribution in [0.2, 0.25) is 5.02 Å². The van der Waals surface area contributed by atoms with Gasteiger partial charge in [-0.15, -0.1) is 0 Å². The number of hydrogen-bond donors (Lipinski definition) is 1. The average Bonchev–Trinajstić information content (AvgIpc) is 3.08. The number of ether oxygens (including phenoxy) is 1. The molecule has 1 N–H and O–H groups in total. The fourth-order valence-electron chi connectivity index (χ4n) is 5.23. The minimum atomic E-state index is -4.74. The molecule has 4 aromatic rings. The van der Waals surface area contributed by atoms with Crippen LogP contribution >= 0.6 is 11.6 Å². The van der Waals surface area contributed by atoms with Gasteiger partial charge in [0.1, 0.15) is 24.2 Å². The number of nitro groups is 1. The number of nitrogens with zero attached hydrogens (tertiary/aromatic N) is 3. The highest BCUT2D eigenvalue weighted by molar-refractivity contribution is 7.92. The SMILES string of the molecule is COc1ccc(Cl)cc1N(CC(=O)N(Cc1ccccc1F)[C@H](Cc1ccccc1)C(=O)NCC(C)C)S(=O)(=O)c1ccc(C)c([N+](=O)[O-])c1. The summed E-state index contributed by atoms with van der Waals surface area (Å²) in [4.78, 5) is 40.3. The van der Waals surface area contributed by atoms with E-state index in [0.717, 1.165) is 15.3 Å². The number of methoxy groups -OCH3 is 1. The second-order valence-corrected chi connectivity index (χ2v) is 14.3. The lowest BCUT2D eigenvalue weighted by atomic mass is 10.0. The smallest absolute Gasteiger partial charge is 0.273 e. The Hall–Kier alpha value is -5.01. The lowest BCUT2D eigenvalue weighted by Crippen LogP contribution is -2.54. The summed E-state index contributed by atoms with van der Waals surface area (Å²) in [5.74, 6) is -1.90. The normalized spacial score (nSPS) is 11.9. The average molecular weight is 725 g/mol. The molecule has 0 saturated carbocycles. The topological polar surface area (TPSA) is 139 Å². The first-order chi connectivity index (χ1) is 23.7. The van der Waals surface area contributed by atoms with Crippen LogP contribution in [0.1, 0.15) is 30.5 Å². The van der Waals surface area contributed by atoms with Crippen molar-refractivity contribution in [3.05, 3.63) is 129 Å². The van der Waals surface area contributed by atoms with Crippen LogP contribution in [0, 0.1) is 28.8 Å². The highest BCUT2D eigenvalue weighted by Crippen LogP contribution is 2.36. The molecule has 0 aliphatic heterocycles. The minimum absolute atomic E-state index is 0.0301. The van der Waals surface area contributed by atoms with Gasteiger partial charge in [0.25, 0.3) is 15.7 Å². The lowest BCUT2D eigenvalue weighted by Gasteiger charge is -2.34. The van der Waals surface area contributed by atoms with Gasteiger partial charge in [-0.05, 0) is 48.7 Å². The molecule has 264 valence electrons. The number of carbonyl (C=O) groups is 2. The molecule has 4 aromatic carbocycles. The van der Waals surface area contributed by atoms with Crippen LogP contribution in [0.15, 0.2) is 95.9 Å². The van der Waals surface area contributed by atoms with Gasteiger partial charge in [-0.2, -0.15) is 0 Å². The van der Waals surface area contributed by atoms with Crippen molar-refractivity contribution in [2.75, 3.05) is 24.5 Å². The summed E-state index contributed by atoms with van der Waals surface area (Å²) in [6.07, 6.45) is 0.0301. The van der Waals surface area contributed by atoms with E-state index in [0.29, 0.717) is 5.56 Å². The third-order valence-corrected chi connectivity index (χ3v) is 9.90. The molecule has 0 aromatic heterocycles. The van der Waals surface area contributed by atoms with Crippen molar-refractivity contribution < 1.29 is 32.1 Å². The molecule has 0 fully saturated rings. The van der Waals surface area contributed by atoms with Gasteiger partial charge in [0.2, 0.25) is 11.8 Å². The van der Waals surface area contributed by atoms with Crippen molar-refractivity contribution in [1.82, 2.24) is 10.2 Å². The first-order valence-electron chi connectivity index (χ1n) is 15.7. The van der Waals surface area contributed by atoms with Gasteiger partial charge in [0.05, 0.1) is 22.6 Å². The van der Waals surface area contributed by atoms with Crippen molar-refractivity contribution in [2.45, 2.75) is 44.7 Å². The second kappa shape index (κ2) is 16.6. The third-order valence-electron chi connectivity index (χ3n) is 7.91. The van der Waals surface area contributed by atoms with E-state index in [1.54, 1.807) is 36.4 Å². The van der Waals surface area contributed by atoms with Crippen LogP contribution in [0.25, 0.3) is 0 Å². The van der Waals surface area contributed by atoms with Crippen LogP contribution in [-0.4, -0.2) is 56.3 Å². The Morgan fingerprint density at radius 1 is 1.00 bits per heavy atom. The molecule has 11 nitrogen and oxygen atoms in total. The summed E-state index contributed by atoms with van der Waals surface area (Å²) in [6, 6.07) is 21.1. The van der Waals surface area contributed by atoms with Gasteiger partial charge >= 0.3 is 0 Å². The number of anilines is 1. The van der Waals surface area contributed by atoms with Crippen molar-refractivity contribution in [3.8, 4) is 5.75 Å². The summed E-state index contributed by atoms with van der Waals surface area (Å²) in [5, 5.41) is 14.7. The highest BCUT2D eigenvalue weighted by atomic mass is 35.5. The number of aryl methyl sites for hydroxylation is 1. The van der Waals surface area contributed by atoms with Crippen LogP contribution in [-0.2, 0) is 32.6 Å². The zero-order chi connectivity index (χ0) is 36.6. The van der Waals surface area contributed by atoms with E-state index in [1.807, 2.05) is 13.8 Å². The Labute approximate surface area is 295 Å². The summed E-state index contributed by atoms with van der Waals surface area (Å²) in [6.45, 7) is 4.29. The minimum Gasteiger partial charge on any atom is -0.495 e. The summed E-state index contributed by atoms with van der Waals surface area (Å²) in [7, 11) is -3.44. The van der Waals surface area contributed by atoms with Gasteiger partial charge in [-0.3, -0.25) is 24.0 Å². The first kappa shape index (κ1) is 37.8. The van der Waals surface area contributed by atoms with E-state index in [4.69, 9.17) is 16.3 Å². The van der Waals surface area contributed by atoms with Gasteiger partial charge in [0.15, 0.2) is 0 Å². The van der Waals surface area contributed by atoms with E-state index in [2.05, 4.69) is 5.32 Å². The van der Waals surface area contributed by atoms with Crippen molar-refractivity contribution in [2.24, 2.45) is 5.92 Å². The number of carbonyl (C=O) groups excluding carboxylic acids is 2. The van der Waals surface area contributed by atoms with Gasteiger partial charge < -0.3 is 15.0 Å². The number of benzene rings is 4. The largest absolute Gasteiger partial charge is 0.495 e. The third kappa shape index (κ3) is 9.16. The Bertz CT molecular complexity index is 1960. The number of nitro benzene ring substituents is 1. The van der Waals surface area contributed by atoms with Crippen LogP contribution in [0.5, 0.6) is 5.75 Å². The van der Waals surface area contributed by atoms with Crippen LogP contribution in [0.3, 0.4) is 0 Å².